The highest BCUT2D eigenvalue weighted by Crippen LogP contribution is 2.20. The van der Waals surface area contributed by atoms with Crippen molar-refractivity contribution in [2.24, 2.45) is 0 Å². The lowest BCUT2D eigenvalue weighted by atomic mass is 10.0. The van der Waals surface area contributed by atoms with Gasteiger partial charge in [0.2, 0.25) is 0 Å². The largest absolute Gasteiger partial charge is 0.494 e. The minimum atomic E-state index is -1.15. The van der Waals surface area contributed by atoms with Crippen molar-refractivity contribution in [2.45, 2.75) is 57.8 Å². The Labute approximate surface area is 178 Å². The molecular weight excluding hydrogens is 382 g/mol. The molecule has 2 rings (SSSR count). The monoisotopic (exact) mass is 415 g/mol. The molecule has 2 unspecified atom stereocenters. The maximum absolute atomic E-state index is 11.8. The molecule has 0 saturated carbocycles. The summed E-state index contributed by atoms with van der Waals surface area (Å²) in [6, 6.07) is 16.3. The van der Waals surface area contributed by atoms with Gasteiger partial charge in [0.05, 0.1) is 6.61 Å². The summed E-state index contributed by atoms with van der Waals surface area (Å²) in [6.07, 6.45) is 2.98. The molecule has 0 radical (unpaired) electrons. The minimum absolute atomic E-state index is 0.120. The summed E-state index contributed by atoms with van der Waals surface area (Å²) in [6.45, 7) is 2.89. The Bertz CT molecular complexity index is 720. The zero-order chi connectivity index (χ0) is 21.6. The van der Waals surface area contributed by atoms with Crippen LogP contribution in [0.4, 0.5) is 4.79 Å². The van der Waals surface area contributed by atoms with Gasteiger partial charge in [0, 0.05) is 6.54 Å². The molecule has 2 aromatic rings. The number of alkyl carbamates (subject to hydrolysis) is 1. The van der Waals surface area contributed by atoms with Crippen LogP contribution < -0.4 is 10.1 Å². The molecule has 0 heterocycles. The minimum Gasteiger partial charge on any atom is -0.494 e. The van der Waals surface area contributed by atoms with Crippen LogP contribution >= 0.6 is 0 Å². The van der Waals surface area contributed by atoms with E-state index in [9.17, 15) is 15.0 Å². The van der Waals surface area contributed by atoms with E-state index in [0.717, 1.165) is 24.2 Å². The molecule has 2 aromatic carbocycles. The summed E-state index contributed by atoms with van der Waals surface area (Å²) in [7, 11) is 0. The molecule has 2 atom stereocenters. The highest BCUT2D eigenvalue weighted by Gasteiger charge is 2.19. The first kappa shape index (κ1) is 23.7. The molecule has 0 saturated heterocycles. The summed E-state index contributed by atoms with van der Waals surface area (Å²) in [5.41, 5.74) is 1.42. The van der Waals surface area contributed by atoms with Crippen LogP contribution in [0.1, 0.15) is 56.3 Å². The summed E-state index contributed by atoms with van der Waals surface area (Å²) in [4.78, 5) is 11.8. The molecule has 0 aromatic heterocycles. The van der Waals surface area contributed by atoms with Gasteiger partial charge in [-0.15, -0.1) is 0 Å². The molecular formula is C24H33NO5. The molecule has 0 bridgehead atoms. The zero-order valence-electron chi connectivity index (χ0n) is 17.6. The first-order valence-electron chi connectivity index (χ1n) is 10.6. The van der Waals surface area contributed by atoms with Crippen LogP contribution in [0, 0.1) is 0 Å². The van der Waals surface area contributed by atoms with E-state index in [0.29, 0.717) is 12.2 Å². The Balaban J connectivity index is 1.68. The number of benzene rings is 2. The second-order valence-electron chi connectivity index (χ2n) is 7.29. The third-order valence-electron chi connectivity index (χ3n) is 4.77. The summed E-state index contributed by atoms with van der Waals surface area (Å²) >= 11 is 0. The second-order valence-corrected chi connectivity index (χ2v) is 7.29. The van der Waals surface area contributed by atoms with Gasteiger partial charge in [0.15, 0.2) is 0 Å². The van der Waals surface area contributed by atoms with Crippen molar-refractivity contribution in [1.29, 1.82) is 0 Å². The number of hydrogen-bond acceptors (Lipinski definition) is 5. The topological polar surface area (TPSA) is 88.0 Å². The molecule has 6 heteroatoms. The van der Waals surface area contributed by atoms with Crippen molar-refractivity contribution in [1.82, 2.24) is 5.32 Å². The average molecular weight is 416 g/mol. The Morgan fingerprint density at radius 3 is 2.37 bits per heavy atom. The summed E-state index contributed by atoms with van der Waals surface area (Å²) in [5, 5.41) is 22.9. The van der Waals surface area contributed by atoms with Gasteiger partial charge in [-0.3, -0.25) is 0 Å². The number of unbranched alkanes of at least 4 members (excludes halogenated alkanes) is 4. The van der Waals surface area contributed by atoms with Crippen molar-refractivity contribution in [3.05, 3.63) is 65.7 Å². The van der Waals surface area contributed by atoms with Gasteiger partial charge in [-0.1, -0.05) is 75.1 Å². The van der Waals surface area contributed by atoms with Crippen LogP contribution in [0.3, 0.4) is 0 Å². The standard InChI is InChI=1S/C24H33NO5/c1-2-3-4-5-9-16-29-21-14-12-20(13-15-21)23(27)22(26)17-25-24(28)30-18-19-10-7-6-8-11-19/h6-8,10-15,22-23,26-27H,2-5,9,16-18H2,1H3,(H,25,28). The van der Waals surface area contributed by atoms with Crippen LogP contribution in [-0.2, 0) is 11.3 Å². The van der Waals surface area contributed by atoms with E-state index in [2.05, 4.69) is 12.2 Å². The third-order valence-corrected chi connectivity index (χ3v) is 4.77. The van der Waals surface area contributed by atoms with Crippen LogP contribution in [0.5, 0.6) is 5.75 Å². The fourth-order valence-electron chi connectivity index (χ4n) is 2.95. The van der Waals surface area contributed by atoms with Gasteiger partial charge >= 0.3 is 6.09 Å². The Kier molecular flexibility index (Phi) is 10.8. The highest BCUT2D eigenvalue weighted by molar-refractivity contribution is 5.67. The molecule has 0 aliphatic carbocycles. The number of ether oxygens (including phenoxy) is 2. The van der Waals surface area contributed by atoms with E-state index in [-0.39, 0.29) is 13.2 Å². The van der Waals surface area contributed by atoms with Crippen LogP contribution in [0.2, 0.25) is 0 Å². The lowest BCUT2D eigenvalue weighted by Crippen LogP contribution is -2.35. The number of rotatable bonds is 13. The summed E-state index contributed by atoms with van der Waals surface area (Å²) < 4.78 is 10.8. The summed E-state index contributed by atoms with van der Waals surface area (Å²) in [5.74, 6) is 0.735. The number of aliphatic hydroxyl groups is 2. The molecule has 30 heavy (non-hydrogen) atoms. The number of amides is 1. The third kappa shape index (κ3) is 8.84. The van der Waals surface area contributed by atoms with Crippen molar-refractivity contribution in [3.8, 4) is 5.75 Å². The van der Waals surface area contributed by atoms with E-state index in [1.54, 1.807) is 24.3 Å². The lowest BCUT2D eigenvalue weighted by Gasteiger charge is -2.19. The normalized spacial score (nSPS) is 12.8. The molecule has 164 valence electrons. The van der Waals surface area contributed by atoms with Crippen molar-refractivity contribution in [3.63, 3.8) is 0 Å². The van der Waals surface area contributed by atoms with Crippen LogP contribution in [0.25, 0.3) is 0 Å². The van der Waals surface area contributed by atoms with E-state index in [1.807, 2.05) is 30.3 Å². The predicted octanol–water partition coefficient (Wildman–Crippen LogP) is 4.36. The Morgan fingerprint density at radius 2 is 1.67 bits per heavy atom. The van der Waals surface area contributed by atoms with Gasteiger partial charge in [-0.05, 0) is 29.7 Å². The molecule has 3 N–H and O–H groups in total. The van der Waals surface area contributed by atoms with Crippen LogP contribution in [-0.4, -0.2) is 35.6 Å². The molecule has 0 aliphatic heterocycles. The first-order valence-corrected chi connectivity index (χ1v) is 10.6. The second kappa shape index (κ2) is 13.6. The number of carbonyl (C=O) groups excluding carboxylic acids is 1. The molecule has 1 amide bonds. The van der Waals surface area contributed by atoms with Crippen molar-refractivity contribution >= 4 is 6.09 Å². The zero-order valence-corrected chi connectivity index (χ0v) is 17.6. The molecule has 0 fully saturated rings. The van der Waals surface area contributed by atoms with E-state index >= 15 is 0 Å². The fourth-order valence-corrected chi connectivity index (χ4v) is 2.95. The van der Waals surface area contributed by atoms with Gasteiger partial charge in [0.25, 0.3) is 0 Å². The average Bonchev–Trinajstić information content (AvgIpc) is 2.79. The van der Waals surface area contributed by atoms with Gasteiger partial charge in [0.1, 0.15) is 24.6 Å². The van der Waals surface area contributed by atoms with Gasteiger partial charge in [-0.2, -0.15) is 0 Å². The SMILES string of the molecule is CCCCCCCOc1ccc(C(O)C(O)CNC(=O)OCc2ccccc2)cc1. The quantitative estimate of drug-likeness (QED) is 0.423. The molecule has 0 aliphatic rings. The number of hydrogen-bond donors (Lipinski definition) is 3. The number of aliphatic hydroxyl groups excluding tert-OH is 2. The highest BCUT2D eigenvalue weighted by atomic mass is 16.5. The predicted molar refractivity (Wildman–Crippen MR) is 116 cm³/mol. The van der Waals surface area contributed by atoms with Gasteiger partial charge < -0.3 is 25.0 Å². The van der Waals surface area contributed by atoms with E-state index in [1.165, 1.54) is 19.3 Å². The Hall–Kier alpha value is -2.57. The fraction of sp³-hybridized carbons (Fsp3) is 0.458. The first-order chi connectivity index (χ1) is 14.6. The maximum atomic E-state index is 11.8. The van der Waals surface area contributed by atoms with Gasteiger partial charge in [-0.25, -0.2) is 4.79 Å². The molecule has 6 nitrogen and oxygen atoms in total. The molecule has 0 spiro atoms. The smallest absolute Gasteiger partial charge is 0.407 e. The van der Waals surface area contributed by atoms with Crippen LogP contribution in [0.15, 0.2) is 54.6 Å². The Morgan fingerprint density at radius 1 is 0.967 bits per heavy atom. The number of carbonyl (C=O) groups is 1. The lowest BCUT2D eigenvalue weighted by molar-refractivity contribution is 0.0184. The number of nitrogens with one attached hydrogen (secondary N) is 1. The van der Waals surface area contributed by atoms with Crippen molar-refractivity contribution < 1.29 is 24.5 Å². The van der Waals surface area contributed by atoms with E-state index < -0.39 is 18.3 Å². The van der Waals surface area contributed by atoms with Crippen molar-refractivity contribution in [2.75, 3.05) is 13.2 Å². The van der Waals surface area contributed by atoms with E-state index in [4.69, 9.17) is 9.47 Å². The maximum Gasteiger partial charge on any atom is 0.407 e.